The number of halogens is 1. The third-order valence-electron chi connectivity index (χ3n) is 3.10. The largest absolute Gasteiger partial charge is 0.329 e. The Bertz CT molecular complexity index is 561. The van der Waals surface area contributed by atoms with Gasteiger partial charge in [0.2, 0.25) is 15.9 Å². The third kappa shape index (κ3) is 4.96. The van der Waals surface area contributed by atoms with Crippen molar-refractivity contribution in [2.24, 2.45) is 5.73 Å². The fraction of sp³-hybridized carbons (Fsp3) is 0.462. The molecule has 0 aliphatic carbocycles. The molecule has 0 saturated carbocycles. The number of anilines is 1. The van der Waals surface area contributed by atoms with E-state index in [1.165, 1.54) is 23.5 Å². The number of sulfonamides is 1. The molecule has 0 aliphatic heterocycles. The van der Waals surface area contributed by atoms with E-state index in [9.17, 15) is 13.2 Å². The van der Waals surface area contributed by atoms with Gasteiger partial charge >= 0.3 is 0 Å². The zero-order chi connectivity index (χ0) is 15.3. The monoisotopic (exact) mass is 335 g/mol. The zero-order valence-electron chi connectivity index (χ0n) is 12.4. The smallest absolute Gasteiger partial charge is 0.243 e. The fourth-order valence-corrected chi connectivity index (χ4v) is 2.88. The van der Waals surface area contributed by atoms with Gasteiger partial charge in [-0.15, -0.1) is 12.4 Å². The Labute approximate surface area is 132 Å². The molecule has 8 heteroatoms. The predicted molar refractivity (Wildman–Crippen MR) is 86.1 cm³/mol. The molecule has 0 bridgehead atoms. The Morgan fingerprint density at radius 1 is 1.33 bits per heavy atom. The molecule has 1 rings (SSSR count). The molecule has 0 heterocycles. The highest BCUT2D eigenvalue weighted by molar-refractivity contribution is 7.89. The van der Waals surface area contributed by atoms with Crippen molar-refractivity contribution in [1.82, 2.24) is 4.31 Å². The Balaban J connectivity index is 0.00000400. The maximum atomic E-state index is 12.3. The van der Waals surface area contributed by atoms with Gasteiger partial charge in [-0.05, 0) is 31.2 Å². The van der Waals surface area contributed by atoms with Crippen molar-refractivity contribution in [2.75, 3.05) is 18.9 Å². The van der Waals surface area contributed by atoms with Crippen LogP contribution in [-0.4, -0.2) is 38.3 Å². The summed E-state index contributed by atoms with van der Waals surface area (Å²) in [4.78, 5) is 11.4. The first kappa shape index (κ1) is 19.9. The van der Waals surface area contributed by atoms with Crippen LogP contribution in [0.25, 0.3) is 0 Å². The quantitative estimate of drug-likeness (QED) is 0.822. The van der Waals surface area contributed by atoms with Gasteiger partial charge in [-0.3, -0.25) is 4.79 Å². The summed E-state index contributed by atoms with van der Waals surface area (Å²) in [6.45, 7) is 3.74. The molecule has 21 heavy (non-hydrogen) atoms. The summed E-state index contributed by atoms with van der Waals surface area (Å²) in [6, 6.07) is 5.81. The van der Waals surface area contributed by atoms with Crippen LogP contribution in [0.5, 0.6) is 0 Å². The number of hydrogen-bond donors (Lipinski definition) is 2. The standard InChI is InChI=1S/C13H21N3O3S.ClH/c1-4-13(17)15-11-5-7-12(8-6-11)20(18,19)16(3)10(2)9-14;/h5-8,10H,4,9,14H2,1-3H3,(H,15,17);1H. The number of hydrogen-bond acceptors (Lipinski definition) is 4. The highest BCUT2D eigenvalue weighted by atomic mass is 35.5. The van der Waals surface area contributed by atoms with Gasteiger partial charge in [0.15, 0.2) is 0 Å². The van der Waals surface area contributed by atoms with E-state index in [1.54, 1.807) is 26.0 Å². The van der Waals surface area contributed by atoms with E-state index in [1.807, 2.05) is 0 Å². The summed E-state index contributed by atoms with van der Waals surface area (Å²) in [5.74, 6) is -0.116. The first-order chi connectivity index (χ1) is 9.32. The fourth-order valence-electron chi connectivity index (χ4n) is 1.51. The van der Waals surface area contributed by atoms with E-state index in [0.29, 0.717) is 12.1 Å². The van der Waals surface area contributed by atoms with Crippen LogP contribution in [0.1, 0.15) is 20.3 Å². The molecule has 0 spiro atoms. The van der Waals surface area contributed by atoms with Crippen LogP contribution in [0.3, 0.4) is 0 Å². The Kier molecular flexibility index (Phi) is 7.87. The summed E-state index contributed by atoms with van der Waals surface area (Å²) in [6.07, 6.45) is 0.372. The van der Waals surface area contributed by atoms with Crippen molar-refractivity contribution in [3.05, 3.63) is 24.3 Å². The maximum absolute atomic E-state index is 12.3. The number of carbonyl (C=O) groups is 1. The van der Waals surface area contributed by atoms with Gasteiger partial charge in [-0.1, -0.05) is 6.92 Å². The second-order valence-electron chi connectivity index (χ2n) is 4.53. The van der Waals surface area contributed by atoms with Gasteiger partial charge in [0.05, 0.1) is 4.90 Å². The molecule has 1 amide bonds. The molecule has 1 aromatic rings. The van der Waals surface area contributed by atoms with Crippen LogP contribution >= 0.6 is 12.4 Å². The molecule has 1 aromatic carbocycles. The number of likely N-dealkylation sites (N-methyl/N-ethyl adjacent to an activating group) is 1. The van der Waals surface area contributed by atoms with Crippen molar-refractivity contribution >= 4 is 34.0 Å². The van der Waals surface area contributed by atoms with E-state index < -0.39 is 10.0 Å². The second-order valence-corrected chi connectivity index (χ2v) is 6.53. The molecule has 6 nitrogen and oxygen atoms in total. The van der Waals surface area contributed by atoms with Crippen LogP contribution in [0, 0.1) is 0 Å². The summed E-state index contributed by atoms with van der Waals surface area (Å²) >= 11 is 0. The molecule has 3 N–H and O–H groups in total. The van der Waals surface area contributed by atoms with Gasteiger partial charge in [0, 0.05) is 31.7 Å². The van der Waals surface area contributed by atoms with E-state index in [-0.39, 0.29) is 35.8 Å². The molecule has 0 radical (unpaired) electrons. The normalized spacial score (nSPS) is 12.6. The number of carbonyl (C=O) groups excluding carboxylic acids is 1. The molecular formula is C13H22ClN3O3S. The van der Waals surface area contributed by atoms with Crippen molar-refractivity contribution < 1.29 is 13.2 Å². The van der Waals surface area contributed by atoms with Crippen LogP contribution in [0.15, 0.2) is 29.2 Å². The summed E-state index contributed by atoms with van der Waals surface area (Å²) < 4.78 is 25.9. The van der Waals surface area contributed by atoms with E-state index in [4.69, 9.17) is 5.73 Å². The topological polar surface area (TPSA) is 92.5 Å². The molecule has 1 unspecified atom stereocenters. The maximum Gasteiger partial charge on any atom is 0.243 e. The lowest BCUT2D eigenvalue weighted by Crippen LogP contribution is -2.39. The van der Waals surface area contributed by atoms with Crippen molar-refractivity contribution in [1.29, 1.82) is 0 Å². The number of rotatable bonds is 6. The van der Waals surface area contributed by atoms with Gasteiger partial charge in [-0.25, -0.2) is 8.42 Å². The van der Waals surface area contributed by atoms with Crippen molar-refractivity contribution in [3.8, 4) is 0 Å². The Morgan fingerprint density at radius 2 is 1.86 bits per heavy atom. The highest BCUT2D eigenvalue weighted by Crippen LogP contribution is 2.19. The molecule has 0 saturated heterocycles. The number of nitrogens with one attached hydrogen (secondary N) is 1. The second kappa shape index (κ2) is 8.33. The molecule has 0 aliphatic rings. The minimum Gasteiger partial charge on any atom is -0.329 e. The van der Waals surface area contributed by atoms with Crippen LogP contribution in [0.4, 0.5) is 5.69 Å². The van der Waals surface area contributed by atoms with Gasteiger partial charge in [-0.2, -0.15) is 4.31 Å². The number of benzene rings is 1. The minimum absolute atomic E-state index is 0. The van der Waals surface area contributed by atoms with Gasteiger partial charge in [0.1, 0.15) is 0 Å². The average Bonchev–Trinajstić information content (AvgIpc) is 2.45. The molecule has 0 aromatic heterocycles. The first-order valence-corrected chi connectivity index (χ1v) is 7.85. The number of amides is 1. The van der Waals surface area contributed by atoms with Crippen LogP contribution in [0.2, 0.25) is 0 Å². The van der Waals surface area contributed by atoms with E-state index in [0.717, 1.165) is 0 Å². The van der Waals surface area contributed by atoms with Gasteiger partial charge < -0.3 is 11.1 Å². The first-order valence-electron chi connectivity index (χ1n) is 6.41. The lowest BCUT2D eigenvalue weighted by molar-refractivity contribution is -0.115. The molecular weight excluding hydrogens is 314 g/mol. The van der Waals surface area contributed by atoms with Gasteiger partial charge in [0.25, 0.3) is 0 Å². The van der Waals surface area contributed by atoms with Crippen LogP contribution < -0.4 is 11.1 Å². The summed E-state index contributed by atoms with van der Waals surface area (Å²) in [5, 5.41) is 2.67. The van der Waals surface area contributed by atoms with Crippen molar-refractivity contribution in [2.45, 2.75) is 31.2 Å². The zero-order valence-corrected chi connectivity index (χ0v) is 14.0. The lowest BCUT2D eigenvalue weighted by atomic mass is 10.3. The molecule has 0 fully saturated rings. The summed E-state index contributed by atoms with van der Waals surface area (Å²) in [7, 11) is -2.06. The van der Waals surface area contributed by atoms with E-state index in [2.05, 4.69) is 5.32 Å². The SMILES string of the molecule is CCC(=O)Nc1ccc(S(=O)(=O)N(C)C(C)CN)cc1.Cl. The lowest BCUT2D eigenvalue weighted by Gasteiger charge is -2.23. The van der Waals surface area contributed by atoms with E-state index >= 15 is 0 Å². The third-order valence-corrected chi connectivity index (χ3v) is 5.08. The van der Waals surface area contributed by atoms with Crippen molar-refractivity contribution in [3.63, 3.8) is 0 Å². The van der Waals surface area contributed by atoms with Crippen LogP contribution in [-0.2, 0) is 14.8 Å². The molecule has 1 atom stereocenters. The highest BCUT2D eigenvalue weighted by Gasteiger charge is 2.24. The number of nitrogens with zero attached hydrogens (tertiary/aromatic N) is 1. The average molecular weight is 336 g/mol. The predicted octanol–water partition coefficient (Wildman–Crippen LogP) is 1.42. The molecule has 120 valence electrons. The summed E-state index contributed by atoms with van der Waals surface area (Å²) in [5.41, 5.74) is 6.06. The number of nitrogens with two attached hydrogens (primary N) is 1. The Morgan fingerprint density at radius 3 is 2.29 bits per heavy atom. The Hall–Kier alpha value is -1.15. The minimum atomic E-state index is -3.56.